The Morgan fingerprint density at radius 3 is 2.58 bits per heavy atom. The summed E-state index contributed by atoms with van der Waals surface area (Å²) in [5.74, 6) is 0.201. The zero-order valence-corrected chi connectivity index (χ0v) is 17.0. The van der Waals surface area contributed by atoms with E-state index in [-0.39, 0.29) is 33.5 Å². The summed E-state index contributed by atoms with van der Waals surface area (Å²) in [4.78, 5) is 22.9. The lowest BCUT2D eigenvalue weighted by Crippen LogP contribution is -2.22. The summed E-state index contributed by atoms with van der Waals surface area (Å²) >= 11 is 6.14. The molecule has 0 bridgehead atoms. The molecule has 0 unspecified atom stereocenters. The van der Waals surface area contributed by atoms with Crippen molar-refractivity contribution in [2.75, 3.05) is 19.6 Å². The average molecular weight is 446 g/mol. The van der Waals surface area contributed by atoms with Crippen molar-refractivity contribution < 1.29 is 19.5 Å². The third-order valence-corrected chi connectivity index (χ3v) is 4.51. The van der Waals surface area contributed by atoms with E-state index in [2.05, 4.69) is 15.6 Å². The number of hydrogen-bond acceptors (Lipinski definition) is 9. The molecular formula is C19H16ClN5O6. The van der Waals surface area contributed by atoms with Crippen LogP contribution in [0.15, 0.2) is 52.5 Å². The van der Waals surface area contributed by atoms with Crippen LogP contribution in [0.4, 0.5) is 11.4 Å². The molecule has 11 nitrogen and oxygen atoms in total. The third kappa shape index (κ3) is 4.56. The monoisotopic (exact) mass is 445 g/mol. The highest BCUT2D eigenvalue weighted by Crippen LogP contribution is 2.33. The van der Waals surface area contributed by atoms with Gasteiger partial charge in [-0.15, -0.1) is 0 Å². The van der Waals surface area contributed by atoms with Gasteiger partial charge in [0.05, 0.1) is 43.3 Å². The van der Waals surface area contributed by atoms with Gasteiger partial charge in [-0.1, -0.05) is 11.6 Å². The van der Waals surface area contributed by atoms with E-state index in [4.69, 9.17) is 21.1 Å². The molecule has 31 heavy (non-hydrogen) atoms. The first-order valence-corrected chi connectivity index (χ1v) is 9.00. The predicted octanol–water partition coefficient (Wildman–Crippen LogP) is 2.96. The number of aromatic hydroxyl groups is 1. The second-order valence-corrected chi connectivity index (χ2v) is 6.38. The van der Waals surface area contributed by atoms with Gasteiger partial charge in [-0.05, 0) is 24.3 Å². The zero-order valence-electron chi connectivity index (χ0n) is 16.3. The molecule has 3 aromatic rings. The topological polar surface area (TPSA) is 141 Å². The second-order valence-electron chi connectivity index (χ2n) is 6.00. The number of ether oxygens (including phenoxy) is 2. The van der Waals surface area contributed by atoms with Gasteiger partial charge in [0, 0.05) is 11.6 Å². The summed E-state index contributed by atoms with van der Waals surface area (Å²) in [6, 6.07) is 8.84. The van der Waals surface area contributed by atoms with Crippen LogP contribution >= 0.6 is 11.6 Å². The van der Waals surface area contributed by atoms with Crippen LogP contribution < -0.4 is 20.5 Å². The lowest BCUT2D eigenvalue weighted by molar-refractivity contribution is -0.385. The van der Waals surface area contributed by atoms with Crippen molar-refractivity contribution in [3.05, 3.63) is 73.6 Å². The summed E-state index contributed by atoms with van der Waals surface area (Å²) in [6.45, 7) is 0. The third-order valence-electron chi connectivity index (χ3n) is 4.14. The Hall–Kier alpha value is -4.12. The van der Waals surface area contributed by atoms with E-state index in [1.54, 1.807) is 24.3 Å². The fourth-order valence-corrected chi connectivity index (χ4v) is 2.73. The van der Waals surface area contributed by atoms with Gasteiger partial charge in [0.1, 0.15) is 16.5 Å². The van der Waals surface area contributed by atoms with Crippen LogP contribution in [0, 0.1) is 10.1 Å². The Kier molecular flexibility index (Phi) is 6.36. The van der Waals surface area contributed by atoms with Crippen molar-refractivity contribution >= 4 is 29.2 Å². The Labute approximate surface area is 180 Å². The maximum absolute atomic E-state index is 12.5. The maximum Gasteiger partial charge on any atom is 0.292 e. The number of hydrazone groups is 1. The van der Waals surface area contributed by atoms with Gasteiger partial charge in [0.15, 0.2) is 11.5 Å². The van der Waals surface area contributed by atoms with Crippen LogP contribution in [0.1, 0.15) is 5.56 Å². The van der Waals surface area contributed by atoms with Crippen molar-refractivity contribution in [3.8, 4) is 22.9 Å². The molecule has 0 fully saturated rings. The number of halogens is 1. The number of nitrogens with zero attached hydrogens (tertiary/aromatic N) is 4. The molecule has 0 atom stereocenters. The first-order valence-electron chi connectivity index (χ1n) is 8.62. The molecule has 1 heterocycles. The van der Waals surface area contributed by atoms with Crippen molar-refractivity contribution in [1.82, 2.24) is 9.78 Å². The van der Waals surface area contributed by atoms with Crippen LogP contribution in [-0.2, 0) is 0 Å². The van der Waals surface area contributed by atoms with E-state index in [1.807, 2.05) is 0 Å². The summed E-state index contributed by atoms with van der Waals surface area (Å²) < 4.78 is 11.1. The van der Waals surface area contributed by atoms with Crippen molar-refractivity contribution in [3.63, 3.8) is 0 Å². The van der Waals surface area contributed by atoms with Gasteiger partial charge >= 0.3 is 0 Å². The van der Waals surface area contributed by atoms with E-state index in [1.165, 1.54) is 20.4 Å². The van der Waals surface area contributed by atoms with Gasteiger partial charge in [-0.3, -0.25) is 20.3 Å². The molecule has 12 heteroatoms. The first kappa shape index (κ1) is 21.6. The fourth-order valence-electron chi connectivity index (χ4n) is 2.56. The minimum absolute atomic E-state index is 0.0224. The molecule has 0 radical (unpaired) electrons. The van der Waals surface area contributed by atoms with Crippen LogP contribution in [0.2, 0.25) is 5.02 Å². The standard InChI is InChI=1S/C19H16ClN5O6/c1-30-14-5-3-12(4-6-14)24-19(27)17(20)15(10-22-24)23-21-9-11-7-13(25(28)29)8-16(31-2)18(11)26/h3-10,23,26H,1-2H3/b21-9-. The summed E-state index contributed by atoms with van der Waals surface area (Å²) in [6.07, 6.45) is 2.41. The Morgan fingerprint density at radius 2 is 1.97 bits per heavy atom. The van der Waals surface area contributed by atoms with Crippen LogP contribution in [0.3, 0.4) is 0 Å². The number of hydrogen-bond donors (Lipinski definition) is 2. The molecule has 1 aromatic heterocycles. The minimum Gasteiger partial charge on any atom is -0.504 e. The molecule has 0 saturated carbocycles. The number of rotatable bonds is 7. The summed E-state index contributed by atoms with van der Waals surface area (Å²) in [5.41, 5.74) is 2.25. The van der Waals surface area contributed by atoms with Crippen molar-refractivity contribution in [1.29, 1.82) is 0 Å². The molecule has 0 aliphatic heterocycles. The number of nitro groups is 1. The van der Waals surface area contributed by atoms with Crippen LogP contribution in [0.5, 0.6) is 17.2 Å². The normalized spacial score (nSPS) is 10.8. The number of phenolic OH excluding ortho intramolecular Hbond substituents is 1. The number of aromatic nitrogens is 2. The first-order chi connectivity index (χ1) is 14.8. The van der Waals surface area contributed by atoms with Gasteiger partial charge in [-0.2, -0.15) is 14.9 Å². The second kappa shape index (κ2) is 9.13. The Balaban J connectivity index is 1.86. The van der Waals surface area contributed by atoms with Gasteiger partial charge in [-0.25, -0.2) is 0 Å². The quantitative estimate of drug-likeness (QED) is 0.321. The highest BCUT2D eigenvalue weighted by molar-refractivity contribution is 6.32. The highest BCUT2D eigenvalue weighted by atomic mass is 35.5. The van der Waals surface area contributed by atoms with E-state index < -0.39 is 10.5 Å². The molecule has 0 amide bonds. The molecule has 0 aliphatic carbocycles. The number of methoxy groups -OCH3 is 2. The maximum atomic E-state index is 12.5. The fraction of sp³-hybridized carbons (Fsp3) is 0.105. The molecule has 160 valence electrons. The number of nitrogens with one attached hydrogen (secondary N) is 1. The molecule has 2 aromatic carbocycles. The van der Waals surface area contributed by atoms with E-state index >= 15 is 0 Å². The minimum atomic E-state index is -0.633. The number of phenols is 1. The number of benzene rings is 2. The molecule has 0 aliphatic rings. The summed E-state index contributed by atoms with van der Waals surface area (Å²) in [7, 11) is 2.79. The van der Waals surface area contributed by atoms with Crippen molar-refractivity contribution in [2.45, 2.75) is 0 Å². The zero-order chi connectivity index (χ0) is 22.5. The lowest BCUT2D eigenvalue weighted by Gasteiger charge is -2.09. The number of anilines is 1. The van der Waals surface area contributed by atoms with E-state index in [9.17, 15) is 20.0 Å². The molecule has 0 spiro atoms. The largest absolute Gasteiger partial charge is 0.504 e. The highest BCUT2D eigenvalue weighted by Gasteiger charge is 2.16. The Bertz CT molecular complexity index is 1210. The van der Waals surface area contributed by atoms with Gasteiger partial charge in [0.2, 0.25) is 0 Å². The van der Waals surface area contributed by atoms with Gasteiger partial charge in [0.25, 0.3) is 11.2 Å². The van der Waals surface area contributed by atoms with E-state index in [0.29, 0.717) is 11.4 Å². The smallest absolute Gasteiger partial charge is 0.292 e. The number of non-ortho nitro benzene ring substituents is 1. The average Bonchev–Trinajstić information content (AvgIpc) is 2.77. The molecular weight excluding hydrogens is 430 g/mol. The predicted molar refractivity (Wildman–Crippen MR) is 114 cm³/mol. The SMILES string of the molecule is COc1ccc(-n2ncc(N/N=C\c3cc([N+](=O)[O-])cc(OC)c3O)c(Cl)c2=O)cc1. The molecule has 2 N–H and O–H groups in total. The lowest BCUT2D eigenvalue weighted by atomic mass is 10.2. The van der Waals surface area contributed by atoms with E-state index in [0.717, 1.165) is 23.0 Å². The summed E-state index contributed by atoms with van der Waals surface area (Å²) in [5, 5.41) is 28.9. The number of nitro benzene ring substituents is 1. The van der Waals surface area contributed by atoms with Crippen LogP contribution in [-0.4, -0.2) is 40.2 Å². The van der Waals surface area contributed by atoms with Gasteiger partial charge < -0.3 is 14.6 Å². The Morgan fingerprint density at radius 1 is 1.26 bits per heavy atom. The molecule has 3 rings (SSSR count). The van der Waals surface area contributed by atoms with Crippen molar-refractivity contribution in [2.24, 2.45) is 5.10 Å². The molecule has 0 saturated heterocycles. The van der Waals surface area contributed by atoms with Crippen LogP contribution in [0.25, 0.3) is 5.69 Å².